The van der Waals surface area contributed by atoms with E-state index in [-0.39, 0.29) is 11.7 Å². The van der Waals surface area contributed by atoms with Gasteiger partial charge >= 0.3 is 0 Å². The van der Waals surface area contributed by atoms with Crippen molar-refractivity contribution in [1.29, 1.82) is 0 Å². The van der Waals surface area contributed by atoms with Crippen LogP contribution in [-0.2, 0) is 13.1 Å². The molecule has 3 aromatic rings. The second-order valence-corrected chi connectivity index (χ2v) is 6.05. The normalized spacial score (nSPS) is 13.4. The Morgan fingerprint density at radius 2 is 1.77 bits per heavy atom. The monoisotopic (exact) mass is 352 g/mol. The topological polar surface area (TPSA) is 60.3 Å². The van der Waals surface area contributed by atoms with E-state index >= 15 is 0 Å². The number of carbonyl (C=O) groups excluding carboxylic acids is 1. The van der Waals surface area contributed by atoms with Gasteiger partial charge in [0.25, 0.3) is 5.91 Å². The SMILES string of the molecule is COc1ccc(-c2nnc3n2CCN(C(=O)c2ccc(F)cc2)C3)cc1. The van der Waals surface area contributed by atoms with Crippen LogP contribution in [0.5, 0.6) is 5.75 Å². The molecule has 26 heavy (non-hydrogen) atoms. The summed E-state index contributed by atoms with van der Waals surface area (Å²) in [4.78, 5) is 14.3. The third kappa shape index (κ3) is 2.92. The molecule has 2 heterocycles. The molecule has 6 nitrogen and oxygen atoms in total. The molecule has 0 N–H and O–H groups in total. The van der Waals surface area contributed by atoms with Gasteiger partial charge in [0.1, 0.15) is 11.6 Å². The maximum absolute atomic E-state index is 13.0. The Kier molecular flexibility index (Phi) is 4.12. The standard InChI is InChI=1S/C19H17FN4O2/c1-26-16-8-4-13(5-9-16)18-22-21-17-12-23(10-11-24(17)18)19(25)14-2-6-15(20)7-3-14/h2-9H,10-12H2,1H3. The van der Waals surface area contributed by atoms with E-state index in [1.54, 1.807) is 12.0 Å². The van der Waals surface area contributed by atoms with Crippen LogP contribution in [0, 0.1) is 5.82 Å². The summed E-state index contributed by atoms with van der Waals surface area (Å²) >= 11 is 0. The zero-order chi connectivity index (χ0) is 18.1. The molecule has 0 bridgehead atoms. The van der Waals surface area contributed by atoms with E-state index in [9.17, 15) is 9.18 Å². The van der Waals surface area contributed by atoms with Crippen molar-refractivity contribution in [3.05, 3.63) is 65.7 Å². The fourth-order valence-corrected chi connectivity index (χ4v) is 3.06. The molecule has 2 aromatic carbocycles. The molecule has 0 unspecified atom stereocenters. The number of aromatic nitrogens is 3. The number of rotatable bonds is 3. The van der Waals surface area contributed by atoms with Gasteiger partial charge in [-0.15, -0.1) is 10.2 Å². The highest BCUT2D eigenvalue weighted by Crippen LogP contribution is 2.24. The Balaban J connectivity index is 1.55. The average molecular weight is 352 g/mol. The van der Waals surface area contributed by atoms with Crippen LogP contribution in [0.15, 0.2) is 48.5 Å². The van der Waals surface area contributed by atoms with E-state index in [0.717, 1.165) is 23.0 Å². The highest BCUT2D eigenvalue weighted by Gasteiger charge is 2.25. The van der Waals surface area contributed by atoms with Gasteiger partial charge in [0.05, 0.1) is 13.7 Å². The van der Waals surface area contributed by atoms with Crippen LogP contribution in [0.1, 0.15) is 16.2 Å². The minimum absolute atomic E-state index is 0.134. The first-order valence-electron chi connectivity index (χ1n) is 8.27. The van der Waals surface area contributed by atoms with E-state index < -0.39 is 0 Å². The van der Waals surface area contributed by atoms with E-state index in [4.69, 9.17) is 4.74 Å². The van der Waals surface area contributed by atoms with Crippen molar-refractivity contribution in [3.63, 3.8) is 0 Å². The highest BCUT2D eigenvalue weighted by atomic mass is 19.1. The Morgan fingerprint density at radius 3 is 2.46 bits per heavy atom. The summed E-state index contributed by atoms with van der Waals surface area (Å²) in [5.41, 5.74) is 1.41. The molecule has 1 aliphatic rings. The summed E-state index contributed by atoms with van der Waals surface area (Å²) in [6.07, 6.45) is 0. The number of ether oxygens (including phenoxy) is 1. The molecule has 7 heteroatoms. The van der Waals surface area contributed by atoms with Gasteiger partial charge in [0.2, 0.25) is 0 Å². The molecule has 1 aliphatic heterocycles. The molecule has 1 aromatic heterocycles. The third-order valence-corrected chi connectivity index (χ3v) is 4.48. The first-order valence-corrected chi connectivity index (χ1v) is 8.27. The molecular formula is C19H17FN4O2. The maximum atomic E-state index is 13.0. The first kappa shape index (κ1) is 16.3. The summed E-state index contributed by atoms with van der Waals surface area (Å²) in [7, 11) is 1.63. The first-order chi connectivity index (χ1) is 12.7. The summed E-state index contributed by atoms with van der Waals surface area (Å²) < 4.78 is 20.2. The number of carbonyl (C=O) groups is 1. The Bertz CT molecular complexity index is 935. The van der Waals surface area contributed by atoms with Crippen LogP contribution in [0.25, 0.3) is 11.4 Å². The van der Waals surface area contributed by atoms with E-state index in [2.05, 4.69) is 10.2 Å². The minimum atomic E-state index is -0.357. The lowest BCUT2D eigenvalue weighted by atomic mass is 10.1. The zero-order valence-corrected chi connectivity index (χ0v) is 14.2. The fourth-order valence-electron chi connectivity index (χ4n) is 3.06. The summed E-state index contributed by atoms with van der Waals surface area (Å²) in [5.74, 6) is 1.80. The average Bonchev–Trinajstić information content (AvgIpc) is 3.11. The number of hydrogen-bond acceptors (Lipinski definition) is 4. The minimum Gasteiger partial charge on any atom is -0.497 e. The van der Waals surface area contributed by atoms with Gasteiger partial charge < -0.3 is 14.2 Å². The van der Waals surface area contributed by atoms with Crippen molar-refractivity contribution in [2.24, 2.45) is 0 Å². The van der Waals surface area contributed by atoms with Crippen molar-refractivity contribution >= 4 is 5.91 Å². The molecule has 132 valence electrons. The van der Waals surface area contributed by atoms with Gasteiger partial charge in [-0.2, -0.15) is 0 Å². The van der Waals surface area contributed by atoms with Crippen LogP contribution in [0.3, 0.4) is 0 Å². The summed E-state index contributed by atoms with van der Waals surface area (Å²) in [6, 6.07) is 13.2. The number of halogens is 1. The maximum Gasteiger partial charge on any atom is 0.254 e. The highest BCUT2D eigenvalue weighted by molar-refractivity contribution is 5.94. The molecule has 0 saturated heterocycles. The van der Waals surface area contributed by atoms with Crippen molar-refractivity contribution < 1.29 is 13.9 Å². The van der Waals surface area contributed by atoms with Crippen molar-refractivity contribution in [2.45, 2.75) is 13.1 Å². The van der Waals surface area contributed by atoms with Gasteiger partial charge in [-0.1, -0.05) is 0 Å². The van der Waals surface area contributed by atoms with E-state index in [1.165, 1.54) is 24.3 Å². The molecule has 0 fully saturated rings. The largest absolute Gasteiger partial charge is 0.497 e. The molecule has 4 rings (SSSR count). The smallest absolute Gasteiger partial charge is 0.254 e. The molecule has 1 amide bonds. The fraction of sp³-hybridized carbons (Fsp3) is 0.211. The lowest BCUT2D eigenvalue weighted by Gasteiger charge is -2.28. The predicted molar refractivity (Wildman–Crippen MR) is 93.2 cm³/mol. The van der Waals surface area contributed by atoms with E-state index in [1.807, 2.05) is 28.8 Å². The van der Waals surface area contributed by atoms with Crippen molar-refractivity contribution in [3.8, 4) is 17.1 Å². The van der Waals surface area contributed by atoms with Gasteiger partial charge in [-0.25, -0.2) is 4.39 Å². The third-order valence-electron chi connectivity index (χ3n) is 4.48. The number of hydrogen-bond donors (Lipinski definition) is 0. The second kappa shape index (κ2) is 6.59. The summed E-state index contributed by atoms with van der Waals surface area (Å²) in [5, 5.41) is 8.53. The van der Waals surface area contributed by atoms with Crippen LogP contribution in [-0.4, -0.2) is 39.2 Å². The van der Waals surface area contributed by atoms with Crippen LogP contribution >= 0.6 is 0 Å². The molecule has 0 saturated carbocycles. The lowest BCUT2D eigenvalue weighted by molar-refractivity contribution is 0.0708. The predicted octanol–water partition coefficient (Wildman–Crippen LogP) is 2.75. The van der Waals surface area contributed by atoms with Crippen LogP contribution in [0.2, 0.25) is 0 Å². The number of methoxy groups -OCH3 is 1. The Morgan fingerprint density at radius 1 is 1.04 bits per heavy atom. The zero-order valence-electron chi connectivity index (χ0n) is 14.2. The molecular weight excluding hydrogens is 335 g/mol. The van der Waals surface area contributed by atoms with Gasteiger partial charge in [0, 0.05) is 24.2 Å². The summed E-state index contributed by atoms with van der Waals surface area (Å²) in [6.45, 7) is 1.53. The van der Waals surface area contributed by atoms with Crippen molar-refractivity contribution in [2.75, 3.05) is 13.7 Å². The van der Waals surface area contributed by atoms with Gasteiger partial charge in [-0.05, 0) is 48.5 Å². The number of nitrogens with zero attached hydrogens (tertiary/aromatic N) is 4. The number of amides is 1. The van der Waals surface area contributed by atoms with Gasteiger partial charge in [0.15, 0.2) is 11.6 Å². The molecule has 0 atom stereocenters. The van der Waals surface area contributed by atoms with Gasteiger partial charge in [-0.3, -0.25) is 4.79 Å². The lowest BCUT2D eigenvalue weighted by Crippen LogP contribution is -2.38. The van der Waals surface area contributed by atoms with Crippen LogP contribution < -0.4 is 4.74 Å². The van der Waals surface area contributed by atoms with E-state index in [0.29, 0.717) is 25.2 Å². The molecule has 0 radical (unpaired) electrons. The second-order valence-electron chi connectivity index (χ2n) is 6.05. The van der Waals surface area contributed by atoms with Crippen molar-refractivity contribution in [1.82, 2.24) is 19.7 Å². The number of fused-ring (bicyclic) bond motifs is 1. The van der Waals surface area contributed by atoms with Crippen LogP contribution in [0.4, 0.5) is 4.39 Å². The Hall–Kier alpha value is -3.22. The quantitative estimate of drug-likeness (QED) is 0.727. The molecule has 0 spiro atoms. The Labute approximate surface area is 149 Å². The molecule has 0 aliphatic carbocycles. The number of benzene rings is 2.